The number of hydrogen-bond acceptors (Lipinski definition) is 3. The van der Waals surface area contributed by atoms with E-state index in [-0.39, 0.29) is 16.8 Å². The Kier molecular flexibility index (Phi) is 4.46. The van der Waals surface area contributed by atoms with Gasteiger partial charge in [-0.3, -0.25) is 10.1 Å². The van der Waals surface area contributed by atoms with Gasteiger partial charge < -0.3 is 0 Å². The molecule has 2 aromatic rings. The van der Waals surface area contributed by atoms with Crippen LogP contribution in [0.1, 0.15) is 16.7 Å². The van der Waals surface area contributed by atoms with Crippen molar-refractivity contribution in [1.29, 1.82) is 5.26 Å². The molecule has 0 atom stereocenters. The predicted octanol–water partition coefficient (Wildman–Crippen LogP) is 4.68. The quantitative estimate of drug-likeness (QED) is 0.357. The highest BCUT2D eigenvalue weighted by atomic mass is 19.4. The molecule has 0 aliphatic rings. The van der Waals surface area contributed by atoms with E-state index < -0.39 is 16.7 Å². The van der Waals surface area contributed by atoms with Crippen molar-refractivity contribution in [2.75, 3.05) is 0 Å². The minimum atomic E-state index is -4.50. The summed E-state index contributed by atoms with van der Waals surface area (Å²) in [4.78, 5) is 10.0. The summed E-state index contributed by atoms with van der Waals surface area (Å²) in [7, 11) is 0. The lowest BCUT2D eigenvalue weighted by Crippen LogP contribution is -2.04. The van der Waals surface area contributed by atoms with Crippen molar-refractivity contribution in [2.24, 2.45) is 0 Å². The highest BCUT2D eigenvalue weighted by Gasteiger charge is 2.30. The molecule has 0 aliphatic carbocycles. The van der Waals surface area contributed by atoms with E-state index in [1.807, 2.05) is 6.07 Å². The number of alkyl halides is 3. The van der Waals surface area contributed by atoms with Gasteiger partial charge in [0.25, 0.3) is 5.69 Å². The summed E-state index contributed by atoms with van der Waals surface area (Å²) in [5.41, 5.74) is -0.324. The molecule has 23 heavy (non-hydrogen) atoms. The Morgan fingerprint density at radius 3 is 2.35 bits per heavy atom. The molecule has 0 aliphatic heterocycles. The number of nitrogens with zero attached hydrogens (tertiary/aromatic N) is 2. The first-order chi connectivity index (χ1) is 10.8. The fraction of sp³-hybridized carbons (Fsp3) is 0.0625. The van der Waals surface area contributed by atoms with E-state index in [1.165, 1.54) is 42.5 Å². The fourth-order valence-electron chi connectivity index (χ4n) is 1.90. The van der Waals surface area contributed by atoms with Gasteiger partial charge in [-0.15, -0.1) is 0 Å². The Morgan fingerprint density at radius 1 is 1.17 bits per heavy atom. The normalized spacial score (nSPS) is 11.8. The second kappa shape index (κ2) is 6.32. The maximum atomic E-state index is 12.7. The molecule has 7 heteroatoms. The number of hydrogen-bond donors (Lipinski definition) is 0. The Morgan fingerprint density at radius 2 is 1.83 bits per heavy atom. The Hall–Kier alpha value is -3.14. The van der Waals surface area contributed by atoms with Crippen LogP contribution >= 0.6 is 0 Å². The molecule has 0 spiro atoms. The van der Waals surface area contributed by atoms with Gasteiger partial charge in [0.1, 0.15) is 0 Å². The summed E-state index contributed by atoms with van der Waals surface area (Å²) in [5.74, 6) is 0. The molecule has 0 aromatic heterocycles. The van der Waals surface area contributed by atoms with Crippen molar-refractivity contribution in [3.63, 3.8) is 0 Å². The molecule has 0 saturated heterocycles. The second-order valence-electron chi connectivity index (χ2n) is 4.60. The van der Waals surface area contributed by atoms with Crippen molar-refractivity contribution in [3.05, 3.63) is 75.3 Å². The molecule has 2 rings (SSSR count). The van der Waals surface area contributed by atoms with Gasteiger partial charge in [-0.05, 0) is 41.5 Å². The average molecular weight is 318 g/mol. The lowest BCUT2D eigenvalue weighted by Gasteiger charge is -2.08. The van der Waals surface area contributed by atoms with Crippen LogP contribution in [0.25, 0.3) is 11.6 Å². The second-order valence-corrected chi connectivity index (χ2v) is 4.60. The topological polar surface area (TPSA) is 66.9 Å². The van der Waals surface area contributed by atoms with Crippen molar-refractivity contribution in [1.82, 2.24) is 0 Å². The van der Waals surface area contributed by atoms with Gasteiger partial charge in [0.2, 0.25) is 0 Å². The SMILES string of the molecule is N#CC(=Cc1ccc([N+](=O)[O-])cc1)c1cccc(C(F)(F)F)c1. The predicted molar refractivity (Wildman–Crippen MR) is 78.0 cm³/mol. The molecule has 0 unspecified atom stereocenters. The highest BCUT2D eigenvalue weighted by molar-refractivity contribution is 5.89. The number of nitro groups is 1. The third-order valence-electron chi connectivity index (χ3n) is 3.04. The van der Waals surface area contributed by atoms with Crippen LogP contribution in [0.5, 0.6) is 0 Å². The van der Waals surface area contributed by atoms with Crippen LogP contribution in [-0.2, 0) is 6.18 Å². The minimum Gasteiger partial charge on any atom is -0.258 e. The number of nitro benzene ring substituents is 1. The maximum absolute atomic E-state index is 12.7. The fourth-order valence-corrected chi connectivity index (χ4v) is 1.90. The Labute approximate surface area is 129 Å². The summed E-state index contributed by atoms with van der Waals surface area (Å²) >= 11 is 0. The minimum absolute atomic E-state index is 0.0324. The van der Waals surface area contributed by atoms with Crippen molar-refractivity contribution >= 4 is 17.3 Å². The summed E-state index contributed by atoms with van der Waals surface area (Å²) in [6.45, 7) is 0. The molecule has 0 heterocycles. The molecule has 0 saturated carbocycles. The smallest absolute Gasteiger partial charge is 0.258 e. The zero-order valence-corrected chi connectivity index (χ0v) is 11.5. The zero-order chi connectivity index (χ0) is 17.0. The molecule has 0 N–H and O–H groups in total. The molecule has 116 valence electrons. The molecule has 0 radical (unpaired) electrons. The number of allylic oxidation sites excluding steroid dienone is 1. The van der Waals surface area contributed by atoms with Gasteiger partial charge in [-0.1, -0.05) is 12.1 Å². The monoisotopic (exact) mass is 318 g/mol. The van der Waals surface area contributed by atoms with E-state index in [2.05, 4.69) is 0 Å². The molecular weight excluding hydrogens is 309 g/mol. The summed E-state index contributed by atoms with van der Waals surface area (Å²) < 4.78 is 38.1. The lowest BCUT2D eigenvalue weighted by atomic mass is 10.0. The summed E-state index contributed by atoms with van der Waals surface area (Å²) in [6.07, 6.45) is -3.12. The first-order valence-corrected chi connectivity index (χ1v) is 6.35. The van der Waals surface area contributed by atoms with Crippen molar-refractivity contribution in [2.45, 2.75) is 6.18 Å². The standard InChI is InChI=1S/C16H9F3N2O2/c17-16(18,19)14-3-1-2-12(9-14)13(10-20)8-11-4-6-15(7-5-11)21(22)23/h1-9H. The molecule has 0 bridgehead atoms. The molecule has 0 fully saturated rings. The lowest BCUT2D eigenvalue weighted by molar-refractivity contribution is -0.384. The van der Waals surface area contributed by atoms with E-state index in [1.54, 1.807) is 0 Å². The number of rotatable bonds is 3. The van der Waals surface area contributed by atoms with Crippen LogP contribution in [0.15, 0.2) is 48.5 Å². The summed E-state index contributed by atoms with van der Waals surface area (Å²) in [6, 6.07) is 11.6. The van der Waals surface area contributed by atoms with Crippen LogP contribution in [0, 0.1) is 21.4 Å². The van der Waals surface area contributed by atoms with Crippen LogP contribution in [0.2, 0.25) is 0 Å². The van der Waals surface area contributed by atoms with E-state index in [0.29, 0.717) is 5.56 Å². The highest BCUT2D eigenvalue weighted by Crippen LogP contribution is 2.31. The average Bonchev–Trinajstić information content (AvgIpc) is 2.52. The maximum Gasteiger partial charge on any atom is 0.416 e. The largest absolute Gasteiger partial charge is 0.416 e. The molecular formula is C16H9F3N2O2. The van der Waals surface area contributed by atoms with Gasteiger partial charge in [0, 0.05) is 12.1 Å². The van der Waals surface area contributed by atoms with Gasteiger partial charge in [-0.25, -0.2) is 0 Å². The number of nitriles is 1. The zero-order valence-electron chi connectivity index (χ0n) is 11.5. The van der Waals surface area contributed by atoms with Crippen LogP contribution in [-0.4, -0.2) is 4.92 Å². The first kappa shape index (κ1) is 16.2. The number of non-ortho nitro benzene ring substituents is 1. The van der Waals surface area contributed by atoms with E-state index in [4.69, 9.17) is 5.26 Å². The molecule has 2 aromatic carbocycles. The third-order valence-corrected chi connectivity index (χ3v) is 3.04. The van der Waals surface area contributed by atoms with Gasteiger partial charge in [-0.2, -0.15) is 18.4 Å². The number of benzene rings is 2. The van der Waals surface area contributed by atoms with Crippen molar-refractivity contribution in [3.8, 4) is 6.07 Å². The van der Waals surface area contributed by atoms with Crippen LogP contribution in [0.4, 0.5) is 18.9 Å². The Bertz CT molecular complexity index is 803. The molecule has 4 nitrogen and oxygen atoms in total. The van der Waals surface area contributed by atoms with E-state index in [0.717, 1.165) is 12.1 Å². The first-order valence-electron chi connectivity index (χ1n) is 6.35. The van der Waals surface area contributed by atoms with E-state index >= 15 is 0 Å². The van der Waals surface area contributed by atoms with Crippen molar-refractivity contribution < 1.29 is 18.1 Å². The van der Waals surface area contributed by atoms with Crippen LogP contribution in [0.3, 0.4) is 0 Å². The van der Waals surface area contributed by atoms with Gasteiger partial charge in [0.15, 0.2) is 0 Å². The van der Waals surface area contributed by atoms with Gasteiger partial charge in [0.05, 0.1) is 22.1 Å². The van der Waals surface area contributed by atoms with Crippen LogP contribution < -0.4 is 0 Å². The third kappa shape index (κ3) is 3.95. The molecule has 0 amide bonds. The number of halogens is 3. The summed E-state index contributed by atoms with van der Waals surface area (Å²) in [5, 5.41) is 19.7. The van der Waals surface area contributed by atoms with E-state index in [9.17, 15) is 23.3 Å². The van der Waals surface area contributed by atoms with Gasteiger partial charge >= 0.3 is 6.18 Å². The Balaban J connectivity index is 2.40.